The standard InChI is InChI=1S/C13H15N3O4S/c1-16-9-10(7-14-16)8-15-21(18,19)12-6-4-3-5-11(12)13(17)20-2/h3-7,9,15H,8H2,1-2H3. The summed E-state index contributed by atoms with van der Waals surface area (Å²) in [5, 5.41) is 3.96. The normalized spacial score (nSPS) is 11.3. The van der Waals surface area contributed by atoms with Crippen LogP contribution in [0.25, 0.3) is 0 Å². The molecule has 0 aliphatic heterocycles. The zero-order valence-corrected chi connectivity index (χ0v) is 12.4. The largest absolute Gasteiger partial charge is 0.465 e. The lowest BCUT2D eigenvalue weighted by atomic mass is 10.2. The van der Waals surface area contributed by atoms with Gasteiger partial charge in [-0.1, -0.05) is 12.1 Å². The molecule has 8 heteroatoms. The zero-order valence-electron chi connectivity index (χ0n) is 11.6. The highest BCUT2D eigenvalue weighted by Gasteiger charge is 2.22. The number of methoxy groups -OCH3 is 1. The summed E-state index contributed by atoms with van der Waals surface area (Å²) in [4.78, 5) is 11.5. The number of hydrogen-bond acceptors (Lipinski definition) is 5. The number of aromatic nitrogens is 2. The number of esters is 1. The number of carbonyl (C=O) groups is 1. The number of nitrogens with zero attached hydrogens (tertiary/aromatic N) is 2. The van der Waals surface area contributed by atoms with Crippen LogP contribution >= 0.6 is 0 Å². The molecule has 2 rings (SSSR count). The van der Waals surface area contributed by atoms with Crippen molar-refractivity contribution in [2.24, 2.45) is 7.05 Å². The van der Waals surface area contributed by atoms with Crippen LogP contribution in [0.15, 0.2) is 41.6 Å². The molecule has 1 aromatic heterocycles. The minimum atomic E-state index is -3.82. The van der Waals surface area contributed by atoms with Crippen molar-refractivity contribution < 1.29 is 17.9 Å². The summed E-state index contributed by atoms with van der Waals surface area (Å²) >= 11 is 0. The van der Waals surface area contributed by atoms with E-state index < -0.39 is 16.0 Å². The van der Waals surface area contributed by atoms with Crippen LogP contribution in [-0.2, 0) is 28.4 Å². The fraction of sp³-hybridized carbons (Fsp3) is 0.231. The third-order valence-electron chi connectivity index (χ3n) is 2.81. The van der Waals surface area contributed by atoms with E-state index >= 15 is 0 Å². The maximum absolute atomic E-state index is 12.3. The Bertz CT molecular complexity index is 752. The average molecular weight is 309 g/mol. The molecule has 1 aromatic carbocycles. The number of rotatable bonds is 5. The van der Waals surface area contributed by atoms with Crippen molar-refractivity contribution in [3.63, 3.8) is 0 Å². The van der Waals surface area contributed by atoms with Crippen molar-refractivity contribution >= 4 is 16.0 Å². The Morgan fingerprint density at radius 1 is 1.38 bits per heavy atom. The van der Waals surface area contributed by atoms with E-state index in [-0.39, 0.29) is 17.0 Å². The molecule has 112 valence electrons. The molecule has 0 fully saturated rings. The topological polar surface area (TPSA) is 90.3 Å². The number of ether oxygens (including phenoxy) is 1. The predicted octanol–water partition coefficient (Wildman–Crippen LogP) is 0.685. The molecule has 0 bridgehead atoms. The number of sulfonamides is 1. The highest BCUT2D eigenvalue weighted by molar-refractivity contribution is 7.89. The van der Waals surface area contributed by atoms with Crippen LogP contribution in [-0.4, -0.2) is 31.3 Å². The van der Waals surface area contributed by atoms with Gasteiger partial charge < -0.3 is 4.74 Å². The summed E-state index contributed by atoms with van der Waals surface area (Å²) in [6.07, 6.45) is 3.27. The maximum atomic E-state index is 12.3. The second kappa shape index (κ2) is 6.06. The van der Waals surface area contributed by atoms with Gasteiger partial charge >= 0.3 is 5.97 Å². The Kier molecular flexibility index (Phi) is 4.39. The second-order valence-electron chi connectivity index (χ2n) is 4.33. The van der Waals surface area contributed by atoms with Gasteiger partial charge in [0.2, 0.25) is 10.0 Å². The molecule has 0 amide bonds. The van der Waals surface area contributed by atoms with Crippen LogP contribution in [0, 0.1) is 0 Å². The van der Waals surface area contributed by atoms with E-state index in [4.69, 9.17) is 0 Å². The van der Waals surface area contributed by atoms with Crippen LogP contribution in [0.4, 0.5) is 0 Å². The van der Waals surface area contributed by atoms with Crippen molar-refractivity contribution in [3.8, 4) is 0 Å². The monoisotopic (exact) mass is 309 g/mol. The average Bonchev–Trinajstić information content (AvgIpc) is 2.90. The second-order valence-corrected chi connectivity index (χ2v) is 6.07. The van der Waals surface area contributed by atoms with Crippen LogP contribution in [0.2, 0.25) is 0 Å². The van der Waals surface area contributed by atoms with Crippen LogP contribution < -0.4 is 4.72 Å². The molecule has 0 unspecified atom stereocenters. The van der Waals surface area contributed by atoms with E-state index in [1.807, 2.05) is 0 Å². The van der Waals surface area contributed by atoms with Gasteiger partial charge in [0.25, 0.3) is 0 Å². The summed E-state index contributed by atoms with van der Waals surface area (Å²) < 4.78 is 33.2. The van der Waals surface area contributed by atoms with Crippen molar-refractivity contribution in [1.29, 1.82) is 0 Å². The third-order valence-corrected chi connectivity index (χ3v) is 4.27. The number of benzene rings is 1. The molecular formula is C13H15N3O4S. The summed E-state index contributed by atoms with van der Waals surface area (Å²) in [6.45, 7) is 0.0890. The fourth-order valence-corrected chi connectivity index (χ4v) is 3.01. The van der Waals surface area contributed by atoms with Gasteiger partial charge in [0.05, 0.1) is 23.8 Å². The summed E-state index contributed by atoms with van der Waals surface area (Å²) in [7, 11) is -0.879. The van der Waals surface area contributed by atoms with Crippen molar-refractivity contribution in [2.45, 2.75) is 11.4 Å². The van der Waals surface area contributed by atoms with Gasteiger partial charge in [-0.25, -0.2) is 17.9 Å². The summed E-state index contributed by atoms with van der Waals surface area (Å²) in [5.74, 6) is -0.697. The molecule has 2 aromatic rings. The Labute approximate surface area is 122 Å². The van der Waals surface area contributed by atoms with E-state index in [0.29, 0.717) is 0 Å². The summed E-state index contributed by atoms with van der Waals surface area (Å²) in [5.41, 5.74) is 0.718. The predicted molar refractivity (Wildman–Crippen MR) is 75.0 cm³/mol. The quantitative estimate of drug-likeness (QED) is 0.821. The lowest BCUT2D eigenvalue weighted by Gasteiger charge is -2.09. The number of nitrogens with one attached hydrogen (secondary N) is 1. The lowest BCUT2D eigenvalue weighted by Crippen LogP contribution is -2.25. The van der Waals surface area contributed by atoms with Crippen molar-refractivity contribution in [2.75, 3.05) is 7.11 Å². The molecule has 1 N–H and O–H groups in total. The van der Waals surface area contributed by atoms with Gasteiger partial charge in [-0.2, -0.15) is 5.10 Å². The molecule has 0 atom stereocenters. The first kappa shape index (κ1) is 15.2. The molecule has 21 heavy (non-hydrogen) atoms. The van der Waals surface area contributed by atoms with Gasteiger partial charge in [0.1, 0.15) is 0 Å². The zero-order chi connectivity index (χ0) is 15.5. The molecule has 0 aliphatic carbocycles. The maximum Gasteiger partial charge on any atom is 0.339 e. The van der Waals surface area contributed by atoms with Crippen LogP contribution in [0.1, 0.15) is 15.9 Å². The molecule has 0 spiro atoms. The number of hydrogen-bond donors (Lipinski definition) is 1. The molecule has 0 radical (unpaired) electrons. The molecule has 7 nitrogen and oxygen atoms in total. The third kappa shape index (κ3) is 3.47. The first-order valence-corrected chi connectivity index (χ1v) is 7.57. The molecule has 0 saturated heterocycles. The molecule has 1 heterocycles. The first-order valence-electron chi connectivity index (χ1n) is 6.08. The van der Waals surface area contributed by atoms with Gasteiger partial charge in [0, 0.05) is 25.4 Å². The van der Waals surface area contributed by atoms with E-state index in [0.717, 1.165) is 5.56 Å². The van der Waals surface area contributed by atoms with Crippen LogP contribution in [0.3, 0.4) is 0 Å². The van der Waals surface area contributed by atoms with Gasteiger partial charge in [-0.3, -0.25) is 4.68 Å². The fourth-order valence-electron chi connectivity index (χ4n) is 1.80. The number of aryl methyl sites for hydroxylation is 1. The highest BCUT2D eigenvalue weighted by atomic mass is 32.2. The lowest BCUT2D eigenvalue weighted by molar-refractivity contribution is 0.0596. The van der Waals surface area contributed by atoms with Gasteiger partial charge in [-0.15, -0.1) is 0 Å². The Morgan fingerprint density at radius 2 is 2.10 bits per heavy atom. The van der Waals surface area contributed by atoms with E-state index in [1.54, 1.807) is 36.3 Å². The highest BCUT2D eigenvalue weighted by Crippen LogP contribution is 2.16. The SMILES string of the molecule is COC(=O)c1ccccc1S(=O)(=O)NCc1cnn(C)c1. The smallest absolute Gasteiger partial charge is 0.339 e. The van der Waals surface area contributed by atoms with E-state index in [2.05, 4.69) is 14.6 Å². The minimum absolute atomic E-state index is 0.00122. The van der Waals surface area contributed by atoms with Crippen LogP contribution in [0.5, 0.6) is 0 Å². The van der Waals surface area contributed by atoms with E-state index in [9.17, 15) is 13.2 Å². The summed E-state index contributed by atoms with van der Waals surface area (Å²) in [6, 6.07) is 5.89. The van der Waals surface area contributed by atoms with E-state index in [1.165, 1.54) is 19.2 Å². The van der Waals surface area contributed by atoms with Crippen molar-refractivity contribution in [3.05, 3.63) is 47.8 Å². The molecule has 0 aliphatic rings. The van der Waals surface area contributed by atoms with Gasteiger partial charge in [0.15, 0.2) is 0 Å². The minimum Gasteiger partial charge on any atom is -0.465 e. The molecule has 0 saturated carbocycles. The molecular weight excluding hydrogens is 294 g/mol. The Hall–Kier alpha value is -2.19. The Morgan fingerprint density at radius 3 is 2.71 bits per heavy atom. The van der Waals surface area contributed by atoms with Crippen molar-refractivity contribution in [1.82, 2.24) is 14.5 Å². The first-order chi connectivity index (χ1) is 9.94. The Balaban J connectivity index is 2.25. The van der Waals surface area contributed by atoms with Gasteiger partial charge in [-0.05, 0) is 12.1 Å². The number of carbonyl (C=O) groups excluding carboxylic acids is 1.